The quantitative estimate of drug-likeness (QED) is 0.884. The molecule has 1 aliphatic heterocycles. The van der Waals surface area contributed by atoms with Crippen LogP contribution < -0.4 is 10.2 Å². The molecule has 1 fully saturated rings. The number of nitrogens with one attached hydrogen (secondary N) is 1. The smallest absolute Gasteiger partial charge is 0.326 e. The summed E-state index contributed by atoms with van der Waals surface area (Å²) in [6.07, 6.45) is 1.24. The van der Waals surface area contributed by atoms with Gasteiger partial charge in [-0.15, -0.1) is 0 Å². The highest BCUT2D eigenvalue weighted by atomic mass is 16.4. The minimum Gasteiger partial charge on any atom is -0.480 e. The predicted molar refractivity (Wildman–Crippen MR) is 77.2 cm³/mol. The zero-order chi connectivity index (χ0) is 14.7. The Hall–Kier alpha value is -2.24. The Kier molecular flexibility index (Phi) is 4.12. The van der Waals surface area contributed by atoms with Gasteiger partial charge in [-0.3, -0.25) is 0 Å². The Balaban J connectivity index is 2.02. The third kappa shape index (κ3) is 3.01. The van der Waals surface area contributed by atoms with Gasteiger partial charge >= 0.3 is 12.0 Å². The molecule has 0 spiro atoms. The second-order valence-electron chi connectivity index (χ2n) is 5.06. The highest BCUT2D eigenvalue weighted by Gasteiger charge is 2.33. The molecule has 1 aromatic carbocycles. The van der Waals surface area contributed by atoms with Gasteiger partial charge in [-0.1, -0.05) is 0 Å². The van der Waals surface area contributed by atoms with Gasteiger partial charge in [0.15, 0.2) is 0 Å². The molecular weight excluding hydrogens is 258 g/mol. The normalized spacial score (nSPS) is 17.9. The number of carbonyl (C=O) groups excluding carboxylic acids is 1. The summed E-state index contributed by atoms with van der Waals surface area (Å²) in [5.74, 6) is -0.944. The van der Waals surface area contributed by atoms with Crippen LogP contribution >= 0.6 is 0 Å². The fourth-order valence-electron chi connectivity index (χ4n) is 2.30. The van der Waals surface area contributed by atoms with Gasteiger partial charge in [0.2, 0.25) is 0 Å². The highest BCUT2D eigenvalue weighted by Crippen LogP contribution is 2.20. The second-order valence-corrected chi connectivity index (χ2v) is 5.06. The van der Waals surface area contributed by atoms with E-state index in [0.717, 1.165) is 12.1 Å². The number of likely N-dealkylation sites (tertiary alicyclic amines) is 1. The molecule has 1 aliphatic rings. The molecule has 20 heavy (non-hydrogen) atoms. The van der Waals surface area contributed by atoms with E-state index in [0.29, 0.717) is 18.7 Å². The van der Waals surface area contributed by atoms with Gasteiger partial charge in [-0.2, -0.15) is 0 Å². The lowest BCUT2D eigenvalue weighted by atomic mass is 10.2. The summed E-state index contributed by atoms with van der Waals surface area (Å²) < 4.78 is 0. The van der Waals surface area contributed by atoms with Gasteiger partial charge < -0.3 is 20.2 Å². The summed E-state index contributed by atoms with van der Waals surface area (Å²) in [7, 11) is 3.88. The van der Waals surface area contributed by atoms with E-state index in [2.05, 4.69) is 5.32 Å². The van der Waals surface area contributed by atoms with Crippen molar-refractivity contribution in [3.8, 4) is 0 Å². The minimum atomic E-state index is -0.944. The number of carboxylic acid groups (broad SMARTS) is 1. The fraction of sp³-hybridized carbons (Fsp3) is 0.429. The van der Waals surface area contributed by atoms with E-state index in [-0.39, 0.29) is 6.03 Å². The van der Waals surface area contributed by atoms with Gasteiger partial charge in [-0.25, -0.2) is 9.59 Å². The molecule has 0 aliphatic carbocycles. The predicted octanol–water partition coefficient (Wildman–Crippen LogP) is 1.83. The molecule has 6 nitrogen and oxygen atoms in total. The molecule has 2 rings (SSSR count). The molecule has 108 valence electrons. The molecule has 2 amide bonds. The van der Waals surface area contributed by atoms with Crippen molar-refractivity contribution in [2.45, 2.75) is 18.9 Å². The van der Waals surface area contributed by atoms with Crippen LogP contribution in [0.15, 0.2) is 24.3 Å². The lowest BCUT2D eigenvalue weighted by molar-refractivity contribution is -0.141. The van der Waals surface area contributed by atoms with Crippen LogP contribution in [0.1, 0.15) is 12.8 Å². The molecular formula is C14H19N3O3. The average molecular weight is 277 g/mol. The van der Waals surface area contributed by atoms with Crippen LogP contribution in [0.3, 0.4) is 0 Å². The topological polar surface area (TPSA) is 72.9 Å². The van der Waals surface area contributed by atoms with E-state index in [1.54, 1.807) is 12.1 Å². The van der Waals surface area contributed by atoms with E-state index in [1.807, 2.05) is 31.1 Å². The van der Waals surface area contributed by atoms with Gasteiger partial charge in [0.25, 0.3) is 0 Å². The third-order valence-corrected chi connectivity index (χ3v) is 3.43. The van der Waals surface area contributed by atoms with Crippen molar-refractivity contribution in [1.29, 1.82) is 0 Å². The van der Waals surface area contributed by atoms with Crippen molar-refractivity contribution in [3.63, 3.8) is 0 Å². The Morgan fingerprint density at radius 1 is 1.30 bits per heavy atom. The lowest BCUT2D eigenvalue weighted by Crippen LogP contribution is -2.42. The third-order valence-electron chi connectivity index (χ3n) is 3.43. The van der Waals surface area contributed by atoms with Crippen molar-refractivity contribution < 1.29 is 14.7 Å². The number of benzene rings is 1. The van der Waals surface area contributed by atoms with Crippen molar-refractivity contribution in [2.24, 2.45) is 0 Å². The summed E-state index contributed by atoms with van der Waals surface area (Å²) in [6.45, 7) is 0.485. The van der Waals surface area contributed by atoms with Gasteiger partial charge in [-0.05, 0) is 37.1 Å². The van der Waals surface area contributed by atoms with Crippen LogP contribution in [0.2, 0.25) is 0 Å². The molecule has 1 saturated heterocycles. The number of rotatable bonds is 3. The molecule has 1 unspecified atom stereocenters. The molecule has 0 saturated carbocycles. The monoisotopic (exact) mass is 277 g/mol. The average Bonchev–Trinajstić information content (AvgIpc) is 2.88. The first kappa shape index (κ1) is 14.2. The number of hydrogen-bond donors (Lipinski definition) is 2. The summed E-state index contributed by atoms with van der Waals surface area (Å²) in [5, 5.41) is 11.8. The zero-order valence-electron chi connectivity index (χ0n) is 11.7. The molecule has 1 heterocycles. The number of urea groups is 1. The Labute approximate surface area is 118 Å². The van der Waals surface area contributed by atoms with Crippen LogP contribution in [0.4, 0.5) is 16.2 Å². The van der Waals surface area contributed by atoms with Crippen LogP contribution in [-0.4, -0.2) is 48.7 Å². The molecule has 6 heteroatoms. The van der Waals surface area contributed by atoms with Crippen LogP contribution in [0.5, 0.6) is 0 Å². The van der Waals surface area contributed by atoms with Crippen LogP contribution in [-0.2, 0) is 4.79 Å². The number of aliphatic carboxylic acids is 1. The molecule has 0 bridgehead atoms. The van der Waals surface area contributed by atoms with Gasteiger partial charge in [0.1, 0.15) is 6.04 Å². The van der Waals surface area contributed by atoms with Crippen LogP contribution in [0.25, 0.3) is 0 Å². The number of hydrogen-bond acceptors (Lipinski definition) is 3. The second kappa shape index (κ2) is 5.81. The number of carbonyl (C=O) groups is 2. The maximum atomic E-state index is 12.1. The van der Waals surface area contributed by atoms with Crippen LogP contribution in [0, 0.1) is 0 Å². The Bertz CT molecular complexity index is 499. The number of nitrogens with zero attached hydrogens (tertiary/aromatic N) is 2. The van der Waals surface area contributed by atoms with E-state index in [9.17, 15) is 9.59 Å². The Morgan fingerprint density at radius 2 is 1.95 bits per heavy atom. The number of amides is 2. The number of carboxylic acids is 1. The van der Waals surface area contributed by atoms with E-state index in [1.165, 1.54) is 4.90 Å². The standard InChI is InChI=1S/C14H19N3O3/c1-16(2)11-7-5-10(6-8-11)15-14(20)17-9-3-4-12(17)13(18)19/h5-8,12H,3-4,9H2,1-2H3,(H,15,20)(H,18,19). The van der Waals surface area contributed by atoms with Crippen molar-refractivity contribution >= 4 is 23.4 Å². The minimum absolute atomic E-state index is 0.354. The molecule has 0 aromatic heterocycles. The Morgan fingerprint density at radius 3 is 2.50 bits per heavy atom. The zero-order valence-corrected chi connectivity index (χ0v) is 11.7. The maximum absolute atomic E-state index is 12.1. The van der Waals surface area contributed by atoms with Gasteiger partial charge in [0.05, 0.1) is 0 Å². The van der Waals surface area contributed by atoms with Crippen molar-refractivity contribution in [3.05, 3.63) is 24.3 Å². The first-order valence-electron chi connectivity index (χ1n) is 6.57. The number of anilines is 2. The molecule has 0 radical (unpaired) electrons. The van der Waals surface area contributed by atoms with Gasteiger partial charge in [0, 0.05) is 32.0 Å². The summed E-state index contributed by atoms with van der Waals surface area (Å²) in [5.41, 5.74) is 1.70. The highest BCUT2D eigenvalue weighted by molar-refractivity contribution is 5.92. The first-order valence-corrected chi connectivity index (χ1v) is 6.57. The molecule has 2 N–H and O–H groups in total. The lowest BCUT2D eigenvalue weighted by Gasteiger charge is -2.22. The summed E-state index contributed by atoms with van der Waals surface area (Å²) in [6, 6.07) is 6.34. The fourth-order valence-corrected chi connectivity index (χ4v) is 2.30. The van der Waals surface area contributed by atoms with Crippen molar-refractivity contribution in [2.75, 3.05) is 30.9 Å². The van der Waals surface area contributed by atoms with Crippen molar-refractivity contribution in [1.82, 2.24) is 4.90 Å². The molecule has 1 aromatic rings. The summed E-state index contributed by atoms with van der Waals surface area (Å²) >= 11 is 0. The largest absolute Gasteiger partial charge is 0.480 e. The first-order chi connectivity index (χ1) is 9.49. The molecule has 1 atom stereocenters. The van der Waals surface area contributed by atoms with E-state index < -0.39 is 12.0 Å². The SMILES string of the molecule is CN(C)c1ccc(NC(=O)N2CCCC2C(=O)O)cc1. The maximum Gasteiger partial charge on any atom is 0.326 e. The van der Waals surface area contributed by atoms with E-state index >= 15 is 0 Å². The van der Waals surface area contributed by atoms with E-state index in [4.69, 9.17) is 5.11 Å². The summed E-state index contributed by atoms with van der Waals surface area (Å²) in [4.78, 5) is 26.5.